The van der Waals surface area contributed by atoms with Gasteiger partial charge in [-0.2, -0.15) is 13.2 Å². The Morgan fingerprint density at radius 2 is 1.95 bits per heavy atom. The molecule has 1 N–H and O–H groups in total. The Bertz CT molecular complexity index is 345. The smallest absolute Gasteiger partial charge is 0.343 e. The Kier molecular flexibility index (Phi) is 5.52. The number of alkyl halides is 3. The van der Waals surface area contributed by atoms with Gasteiger partial charge in [-0.3, -0.25) is 4.79 Å². The highest BCUT2D eigenvalue weighted by molar-refractivity contribution is 5.76. The van der Waals surface area contributed by atoms with Gasteiger partial charge in [-0.15, -0.1) is 0 Å². The van der Waals surface area contributed by atoms with Crippen molar-refractivity contribution in [3.05, 3.63) is 0 Å². The van der Waals surface area contributed by atoms with Crippen molar-refractivity contribution in [3.8, 4) is 0 Å². The first kappa shape index (κ1) is 16.6. The molecule has 0 aromatic rings. The van der Waals surface area contributed by atoms with Crippen LogP contribution in [-0.2, 0) is 4.79 Å². The molecule has 2 fully saturated rings. The van der Waals surface area contributed by atoms with E-state index in [1.165, 1.54) is 0 Å². The number of hydrogen-bond donors (Lipinski definition) is 1. The highest BCUT2D eigenvalue weighted by Crippen LogP contribution is 2.34. The Morgan fingerprint density at radius 3 is 2.48 bits per heavy atom. The number of likely N-dealkylation sites (tertiary alicyclic amines) is 1. The van der Waals surface area contributed by atoms with Gasteiger partial charge in [0.2, 0.25) is 5.91 Å². The minimum atomic E-state index is -4.11. The molecule has 2 unspecified atom stereocenters. The summed E-state index contributed by atoms with van der Waals surface area (Å²) in [7, 11) is 0. The second kappa shape index (κ2) is 6.99. The number of carbonyl (C=O) groups excluding carboxylic acids is 1. The molecule has 0 saturated carbocycles. The summed E-state index contributed by atoms with van der Waals surface area (Å²) in [6.45, 7) is 4.57. The molecule has 2 aliphatic heterocycles. The quantitative estimate of drug-likeness (QED) is 0.869. The molecule has 0 radical (unpaired) electrons. The third kappa shape index (κ3) is 4.59. The molecule has 0 aromatic heterocycles. The molecule has 2 rings (SSSR count). The van der Waals surface area contributed by atoms with E-state index in [1.807, 2.05) is 0 Å². The second-order valence-corrected chi connectivity index (χ2v) is 6.48. The number of nitrogens with zero attached hydrogens (tertiary/aromatic N) is 1. The van der Waals surface area contributed by atoms with Crippen molar-refractivity contribution in [1.82, 2.24) is 10.2 Å². The molecule has 0 bridgehead atoms. The zero-order chi connectivity index (χ0) is 15.5. The number of halogens is 3. The van der Waals surface area contributed by atoms with Crippen LogP contribution in [0.5, 0.6) is 0 Å². The van der Waals surface area contributed by atoms with E-state index < -0.39 is 12.1 Å². The van der Waals surface area contributed by atoms with Crippen LogP contribution in [0.25, 0.3) is 0 Å². The van der Waals surface area contributed by atoms with Crippen LogP contribution in [0.15, 0.2) is 0 Å². The van der Waals surface area contributed by atoms with Crippen molar-refractivity contribution in [3.63, 3.8) is 0 Å². The summed E-state index contributed by atoms with van der Waals surface area (Å²) in [6, 6.07) is 0. The van der Waals surface area contributed by atoms with Crippen LogP contribution in [0, 0.1) is 17.8 Å². The molecular formula is C15H25F3N2O. The van der Waals surface area contributed by atoms with Gasteiger partial charge in [-0.25, -0.2) is 0 Å². The Balaban J connectivity index is 1.76. The molecule has 2 atom stereocenters. The molecule has 2 heterocycles. The summed E-state index contributed by atoms with van der Waals surface area (Å²) in [4.78, 5) is 13.9. The molecule has 0 aromatic carbocycles. The predicted octanol–water partition coefficient (Wildman–Crippen LogP) is 2.81. The molecule has 2 aliphatic rings. The summed E-state index contributed by atoms with van der Waals surface area (Å²) < 4.78 is 37.8. The minimum Gasteiger partial charge on any atom is -0.343 e. The molecule has 0 aliphatic carbocycles. The number of nitrogens with one attached hydrogen (secondary N) is 1. The van der Waals surface area contributed by atoms with Gasteiger partial charge in [0, 0.05) is 19.5 Å². The van der Waals surface area contributed by atoms with E-state index in [0.717, 1.165) is 25.9 Å². The van der Waals surface area contributed by atoms with Crippen molar-refractivity contribution < 1.29 is 18.0 Å². The van der Waals surface area contributed by atoms with Crippen LogP contribution in [0.4, 0.5) is 13.2 Å². The van der Waals surface area contributed by atoms with Gasteiger partial charge in [0.25, 0.3) is 0 Å². The summed E-state index contributed by atoms with van der Waals surface area (Å²) >= 11 is 0. The number of carbonyl (C=O) groups is 1. The van der Waals surface area contributed by atoms with Gasteiger partial charge < -0.3 is 10.2 Å². The van der Waals surface area contributed by atoms with Gasteiger partial charge in [-0.1, -0.05) is 6.92 Å². The second-order valence-electron chi connectivity index (χ2n) is 6.48. The topological polar surface area (TPSA) is 32.3 Å². The van der Waals surface area contributed by atoms with Crippen LogP contribution < -0.4 is 5.32 Å². The third-order valence-electron chi connectivity index (χ3n) is 4.95. The summed E-state index contributed by atoms with van der Waals surface area (Å²) in [5.74, 6) is -0.406. The standard InChI is InChI=1S/C15H25F3N2O/c1-11(12-3-2-6-19-10-12)9-14(21)20-7-4-13(5-8-20)15(16,17)18/h11-13,19H,2-10H2,1H3. The fourth-order valence-electron chi connectivity index (χ4n) is 3.39. The lowest BCUT2D eigenvalue weighted by Crippen LogP contribution is -2.43. The lowest BCUT2D eigenvalue weighted by Gasteiger charge is -2.34. The van der Waals surface area contributed by atoms with E-state index >= 15 is 0 Å². The minimum absolute atomic E-state index is 0.0219. The lowest BCUT2D eigenvalue weighted by atomic mass is 9.85. The van der Waals surface area contributed by atoms with Crippen molar-refractivity contribution >= 4 is 5.91 Å². The monoisotopic (exact) mass is 306 g/mol. The molecule has 0 spiro atoms. The summed E-state index contributed by atoms with van der Waals surface area (Å²) in [5, 5.41) is 3.34. The highest BCUT2D eigenvalue weighted by atomic mass is 19.4. The number of rotatable bonds is 3. The molecule has 2 saturated heterocycles. The SMILES string of the molecule is CC(CC(=O)N1CCC(C(F)(F)F)CC1)C1CCCNC1. The van der Waals surface area contributed by atoms with E-state index in [1.54, 1.807) is 4.90 Å². The van der Waals surface area contributed by atoms with Crippen molar-refractivity contribution in [2.45, 2.75) is 45.2 Å². The van der Waals surface area contributed by atoms with Gasteiger partial charge in [-0.05, 0) is 50.6 Å². The van der Waals surface area contributed by atoms with Gasteiger partial charge >= 0.3 is 6.18 Å². The molecule has 1 amide bonds. The Morgan fingerprint density at radius 1 is 1.29 bits per heavy atom. The van der Waals surface area contributed by atoms with Crippen molar-refractivity contribution in [1.29, 1.82) is 0 Å². The van der Waals surface area contributed by atoms with E-state index in [4.69, 9.17) is 0 Å². The average molecular weight is 306 g/mol. The molecule has 3 nitrogen and oxygen atoms in total. The van der Waals surface area contributed by atoms with Crippen LogP contribution in [0.3, 0.4) is 0 Å². The Hall–Kier alpha value is -0.780. The summed E-state index contributed by atoms with van der Waals surface area (Å²) in [6.07, 6.45) is -1.28. The lowest BCUT2D eigenvalue weighted by molar-refractivity contribution is -0.186. The van der Waals surface area contributed by atoms with E-state index in [2.05, 4.69) is 12.2 Å². The predicted molar refractivity (Wildman–Crippen MR) is 74.7 cm³/mol. The first-order valence-electron chi connectivity index (χ1n) is 7.93. The van der Waals surface area contributed by atoms with Gasteiger partial charge in [0.15, 0.2) is 0 Å². The van der Waals surface area contributed by atoms with Crippen LogP contribution in [0.1, 0.15) is 39.0 Å². The molecular weight excluding hydrogens is 281 g/mol. The van der Waals surface area contributed by atoms with E-state index in [9.17, 15) is 18.0 Å². The molecule has 122 valence electrons. The van der Waals surface area contributed by atoms with Gasteiger partial charge in [0.05, 0.1) is 5.92 Å². The molecule has 21 heavy (non-hydrogen) atoms. The fraction of sp³-hybridized carbons (Fsp3) is 0.933. The maximum Gasteiger partial charge on any atom is 0.391 e. The van der Waals surface area contributed by atoms with Gasteiger partial charge in [0.1, 0.15) is 0 Å². The van der Waals surface area contributed by atoms with E-state index in [0.29, 0.717) is 18.3 Å². The average Bonchev–Trinajstić information content (AvgIpc) is 2.47. The van der Waals surface area contributed by atoms with Crippen molar-refractivity contribution in [2.75, 3.05) is 26.2 Å². The zero-order valence-corrected chi connectivity index (χ0v) is 12.6. The number of amides is 1. The summed E-state index contributed by atoms with van der Waals surface area (Å²) in [5.41, 5.74) is 0. The van der Waals surface area contributed by atoms with Crippen molar-refractivity contribution in [2.24, 2.45) is 17.8 Å². The maximum atomic E-state index is 12.6. The maximum absolute atomic E-state index is 12.6. The first-order valence-corrected chi connectivity index (χ1v) is 7.93. The zero-order valence-electron chi connectivity index (χ0n) is 12.6. The Labute approximate surface area is 124 Å². The van der Waals surface area contributed by atoms with Crippen LogP contribution in [-0.4, -0.2) is 43.2 Å². The third-order valence-corrected chi connectivity index (χ3v) is 4.95. The van der Waals surface area contributed by atoms with E-state index in [-0.39, 0.29) is 31.8 Å². The van der Waals surface area contributed by atoms with Crippen LogP contribution in [0.2, 0.25) is 0 Å². The number of piperidine rings is 2. The van der Waals surface area contributed by atoms with Crippen LogP contribution >= 0.6 is 0 Å². The molecule has 6 heteroatoms. The largest absolute Gasteiger partial charge is 0.391 e. The normalized spacial score (nSPS) is 26.7. The first-order chi connectivity index (χ1) is 9.88. The fourth-order valence-corrected chi connectivity index (χ4v) is 3.39. The number of hydrogen-bond acceptors (Lipinski definition) is 2. The highest BCUT2D eigenvalue weighted by Gasteiger charge is 2.41.